The van der Waals surface area contributed by atoms with E-state index in [1.807, 2.05) is 36.4 Å². The van der Waals surface area contributed by atoms with Gasteiger partial charge in [-0.3, -0.25) is 0 Å². The van der Waals surface area contributed by atoms with Crippen molar-refractivity contribution in [1.29, 1.82) is 0 Å². The van der Waals surface area contributed by atoms with Crippen LogP contribution >= 0.6 is 11.6 Å². The molecule has 0 atom stereocenters. The number of fused-ring (bicyclic) bond motifs is 4. The molecule has 0 fully saturated rings. The maximum absolute atomic E-state index is 6.28. The number of unbranched alkanes of at least 4 members (excludes halogenated alkanes) is 6. The monoisotopic (exact) mass is 620 g/mol. The maximum atomic E-state index is 6.28. The van der Waals surface area contributed by atoms with Gasteiger partial charge < -0.3 is 20.1 Å². The van der Waals surface area contributed by atoms with E-state index in [4.69, 9.17) is 31.0 Å². The van der Waals surface area contributed by atoms with Crippen molar-refractivity contribution in [3.05, 3.63) is 83.4 Å². The summed E-state index contributed by atoms with van der Waals surface area (Å²) < 4.78 is 11.0. The second kappa shape index (κ2) is 14.2. The molecule has 7 heteroatoms. The normalized spacial score (nSPS) is 11.5. The molecule has 6 rings (SSSR count). The predicted octanol–water partition coefficient (Wildman–Crippen LogP) is 10.3. The first-order valence-electron chi connectivity index (χ1n) is 16.0. The number of ether oxygens (including phenoxy) is 2. The van der Waals surface area contributed by atoms with Crippen LogP contribution in [0.3, 0.4) is 0 Å². The zero-order valence-corrected chi connectivity index (χ0v) is 27.1. The topological polar surface area (TPSA) is 68.3 Å². The Morgan fingerprint density at radius 3 is 1.56 bits per heavy atom. The van der Waals surface area contributed by atoms with Crippen LogP contribution < -0.4 is 20.1 Å². The highest BCUT2D eigenvalue weighted by atomic mass is 35.5. The number of methoxy groups -OCH3 is 2. The van der Waals surface area contributed by atoms with Gasteiger partial charge in [0.2, 0.25) is 0 Å². The van der Waals surface area contributed by atoms with Crippen LogP contribution in [0.25, 0.3) is 43.6 Å². The zero-order chi connectivity index (χ0) is 31.2. The molecule has 232 valence electrons. The summed E-state index contributed by atoms with van der Waals surface area (Å²) in [6, 6.07) is 24.5. The largest absolute Gasteiger partial charge is 0.497 e. The minimum absolute atomic E-state index is 0.694. The van der Waals surface area contributed by atoms with Crippen molar-refractivity contribution in [2.75, 3.05) is 37.9 Å². The fraction of sp³-hybridized carbons (Fsp3) is 0.316. The molecule has 0 saturated carbocycles. The van der Waals surface area contributed by atoms with E-state index in [2.05, 4.69) is 54.0 Å². The van der Waals surface area contributed by atoms with Crippen molar-refractivity contribution < 1.29 is 9.47 Å². The summed E-state index contributed by atoms with van der Waals surface area (Å²) in [5.74, 6) is 1.68. The third kappa shape index (κ3) is 7.02. The molecule has 0 radical (unpaired) electrons. The second-order valence-corrected chi connectivity index (χ2v) is 12.2. The van der Waals surface area contributed by atoms with Crippen LogP contribution in [-0.4, -0.2) is 37.3 Å². The van der Waals surface area contributed by atoms with Gasteiger partial charge in [0, 0.05) is 39.7 Å². The van der Waals surface area contributed by atoms with Gasteiger partial charge >= 0.3 is 0 Å². The Balaban J connectivity index is 0.974. The summed E-state index contributed by atoms with van der Waals surface area (Å²) in [5, 5.41) is 12.6. The average molecular weight is 621 g/mol. The van der Waals surface area contributed by atoms with Gasteiger partial charge in [-0.15, -0.1) is 0 Å². The third-order valence-corrected chi connectivity index (χ3v) is 8.77. The number of halogens is 1. The molecule has 0 unspecified atom stereocenters. The zero-order valence-electron chi connectivity index (χ0n) is 26.4. The standard InChI is InChI=1S/C38H41ClN4O2/c1-25-11-15-29-35(21-25)42-33-17-13-27(44-2)23-31(33)37(29)40-19-9-7-5-4-6-8-10-20-41-38-30-16-12-26(39)22-36(30)43-34-18-14-28(45-3)24-32(34)38/h11-18,21-24H,4-10,19-20H2,1-3H3,(H,40,42)(H,41,43). The molecule has 45 heavy (non-hydrogen) atoms. The van der Waals surface area contributed by atoms with Crippen LogP contribution in [0.2, 0.25) is 5.02 Å². The van der Waals surface area contributed by atoms with E-state index < -0.39 is 0 Å². The van der Waals surface area contributed by atoms with Crippen LogP contribution in [0, 0.1) is 6.92 Å². The molecule has 2 heterocycles. The highest BCUT2D eigenvalue weighted by Crippen LogP contribution is 2.35. The SMILES string of the molecule is COc1ccc2nc3cc(C)ccc3c(NCCCCCCCCCNc3c4ccc(Cl)cc4nc4ccc(OC)cc34)c2c1. The molecule has 0 spiro atoms. The fourth-order valence-corrected chi connectivity index (χ4v) is 6.29. The first kappa shape index (κ1) is 30.7. The molecule has 6 nitrogen and oxygen atoms in total. The van der Waals surface area contributed by atoms with Crippen LogP contribution in [0.15, 0.2) is 72.8 Å². The number of benzene rings is 4. The fourth-order valence-electron chi connectivity index (χ4n) is 6.13. The Bertz CT molecular complexity index is 1820. The van der Waals surface area contributed by atoms with Gasteiger partial charge in [-0.1, -0.05) is 55.8 Å². The Morgan fingerprint density at radius 2 is 1.02 bits per heavy atom. The maximum Gasteiger partial charge on any atom is 0.119 e. The lowest BCUT2D eigenvalue weighted by molar-refractivity contribution is 0.415. The van der Waals surface area contributed by atoms with Crippen LogP contribution in [0.5, 0.6) is 11.5 Å². The number of rotatable bonds is 14. The van der Waals surface area contributed by atoms with Crippen LogP contribution in [0.4, 0.5) is 11.4 Å². The van der Waals surface area contributed by atoms with Gasteiger partial charge in [-0.25, -0.2) is 9.97 Å². The first-order chi connectivity index (χ1) is 22.0. The first-order valence-corrected chi connectivity index (χ1v) is 16.3. The average Bonchev–Trinajstić information content (AvgIpc) is 3.05. The molecule has 4 aromatic carbocycles. The lowest BCUT2D eigenvalue weighted by Crippen LogP contribution is -2.04. The molecule has 0 aliphatic rings. The van der Waals surface area contributed by atoms with Crippen molar-refractivity contribution in [3.63, 3.8) is 0 Å². The van der Waals surface area contributed by atoms with Crippen molar-refractivity contribution in [2.45, 2.75) is 51.9 Å². The van der Waals surface area contributed by atoms with E-state index in [1.54, 1.807) is 14.2 Å². The molecular weight excluding hydrogens is 580 g/mol. The van der Waals surface area contributed by atoms with E-state index in [1.165, 1.54) is 37.7 Å². The number of nitrogens with zero attached hydrogens (tertiary/aromatic N) is 2. The quantitative estimate of drug-likeness (QED) is 0.0932. The number of hydrogen-bond acceptors (Lipinski definition) is 6. The van der Waals surface area contributed by atoms with Crippen molar-refractivity contribution in [3.8, 4) is 11.5 Å². The van der Waals surface area contributed by atoms with Crippen LogP contribution in [-0.2, 0) is 0 Å². The van der Waals surface area contributed by atoms with E-state index in [-0.39, 0.29) is 0 Å². The van der Waals surface area contributed by atoms with Crippen molar-refractivity contribution in [1.82, 2.24) is 9.97 Å². The van der Waals surface area contributed by atoms with Gasteiger partial charge in [0.15, 0.2) is 0 Å². The molecule has 6 aromatic rings. The molecule has 0 bridgehead atoms. The lowest BCUT2D eigenvalue weighted by Gasteiger charge is -2.15. The summed E-state index contributed by atoms with van der Waals surface area (Å²) in [7, 11) is 3.41. The summed E-state index contributed by atoms with van der Waals surface area (Å²) >= 11 is 6.28. The summed E-state index contributed by atoms with van der Waals surface area (Å²) in [6.45, 7) is 3.96. The lowest BCUT2D eigenvalue weighted by atomic mass is 10.0. The molecule has 2 aromatic heterocycles. The minimum atomic E-state index is 0.694. The Kier molecular flexibility index (Phi) is 9.70. The number of pyridine rings is 2. The highest BCUT2D eigenvalue weighted by molar-refractivity contribution is 6.31. The molecule has 0 aliphatic heterocycles. The molecule has 2 N–H and O–H groups in total. The van der Waals surface area contributed by atoms with Crippen molar-refractivity contribution in [2.24, 2.45) is 0 Å². The Hall–Kier alpha value is -4.29. The summed E-state index contributed by atoms with van der Waals surface area (Å²) in [4.78, 5) is 9.75. The van der Waals surface area contributed by atoms with Gasteiger partial charge in [-0.2, -0.15) is 0 Å². The molecule has 0 saturated heterocycles. The molecule has 0 amide bonds. The third-order valence-electron chi connectivity index (χ3n) is 8.54. The summed E-state index contributed by atoms with van der Waals surface area (Å²) in [6.07, 6.45) is 8.43. The molecule has 0 aliphatic carbocycles. The Morgan fingerprint density at radius 1 is 0.533 bits per heavy atom. The Labute approximate surface area is 270 Å². The molecular formula is C38H41ClN4O2. The number of anilines is 2. The second-order valence-electron chi connectivity index (χ2n) is 11.8. The van der Waals surface area contributed by atoms with E-state index in [9.17, 15) is 0 Å². The van der Waals surface area contributed by atoms with Crippen molar-refractivity contribution >= 4 is 66.6 Å². The van der Waals surface area contributed by atoms with Gasteiger partial charge in [0.1, 0.15) is 11.5 Å². The van der Waals surface area contributed by atoms with E-state index in [0.29, 0.717) is 5.02 Å². The van der Waals surface area contributed by atoms with Gasteiger partial charge in [0.05, 0.1) is 47.7 Å². The van der Waals surface area contributed by atoms with Crippen LogP contribution in [0.1, 0.15) is 50.5 Å². The van der Waals surface area contributed by atoms with E-state index >= 15 is 0 Å². The van der Waals surface area contributed by atoms with Gasteiger partial charge in [-0.05, 0) is 86.0 Å². The highest BCUT2D eigenvalue weighted by Gasteiger charge is 2.12. The predicted molar refractivity (Wildman–Crippen MR) is 191 cm³/mol. The van der Waals surface area contributed by atoms with Gasteiger partial charge in [0.25, 0.3) is 0 Å². The summed E-state index contributed by atoms with van der Waals surface area (Å²) in [5.41, 5.74) is 7.31. The minimum Gasteiger partial charge on any atom is -0.497 e. The number of hydrogen-bond donors (Lipinski definition) is 2. The number of aromatic nitrogens is 2. The number of nitrogens with one attached hydrogen (secondary N) is 2. The smallest absolute Gasteiger partial charge is 0.119 e. The number of aryl methyl sites for hydroxylation is 1. The van der Waals surface area contributed by atoms with E-state index in [0.717, 1.165) is 92.4 Å².